The van der Waals surface area contributed by atoms with Crippen molar-refractivity contribution in [3.05, 3.63) is 35.9 Å². The number of hydrogen-bond acceptors (Lipinski definition) is 3. The second kappa shape index (κ2) is 6.92. The van der Waals surface area contributed by atoms with Crippen LogP contribution in [-0.2, 0) is 0 Å². The molecule has 0 bridgehead atoms. The summed E-state index contributed by atoms with van der Waals surface area (Å²) in [6.07, 6.45) is 7.00. The zero-order valence-corrected chi connectivity index (χ0v) is 14.0. The number of aliphatic hydroxyl groups is 1. The number of aliphatic hydroxyl groups excluding tert-OH is 1. The number of benzene rings is 1. The van der Waals surface area contributed by atoms with E-state index in [-0.39, 0.29) is 6.61 Å². The molecule has 3 atom stereocenters. The van der Waals surface area contributed by atoms with Gasteiger partial charge in [0.1, 0.15) is 0 Å². The fourth-order valence-electron chi connectivity index (χ4n) is 4.40. The summed E-state index contributed by atoms with van der Waals surface area (Å²) in [4.78, 5) is 2.59. The summed E-state index contributed by atoms with van der Waals surface area (Å²) in [7, 11) is 0. The molecule has 1 aromatic rings. The number of likely N-dealkylation sites (tertiary alicyclic amines) is 1. The Balaban J connectivity index is 1.42. The van der Waals surface area contributed by atoms with Gasteiger partial charge in [0.05, 0.1) is 6.61 Å². The third-order valence-corrected chi connectivity index (χ3v) is 6.23. The van der Waals surface area contributed by atoms with Crippen molar-refractivity contribution < 1.29 is 5.11 Å². The molecule has 3 heteroatoms. The van der Waals surface area contributed by atoms with Gasteiger partial charge in [-0.2, -0.15) is 0 Å². The molecule has 2 saturated carbocycles. The minimum absolute atomic E-state index is 0.283. The Morgan fingerprint density at radius 1 is 0.957 bits per heavy atom. The van der Waals surface area contributed by atoms with Gasteiger partial charge >= 0.3 is 0 Å². The van der Waals surface area contributed by atoms with Crippen LogP contribution in [0.2, 0.25) is 0 Å². The van der Waals surface area contributed by atoms with Crippen molar-refractivity contribution in [2.24, 2.45) is 11.8 Å². The SMILES string of the molecule is OC[C@@H]1[C@@H](c2ccccc2)[C@@H](CNCC2CCC2)N1CC1CC1. The summed E-state index contributed by atoms with van der Waals surface area (Å²) < 4.78 is 0. The summed E-state index contributed by atoms with van der Waals surface area (Å²) in [5, 5.41) is 13.7. The van der Waals surface area contributed by atoms with Crippen molar-refractivity contribution in [1.29, 1.82) is 0 Å². The molecule has 0 unspecified atom stereocenters. The van der Waals surface area contributed by atoms with E-state index in [9.17, 15) is 5.11 Å². The van der Waals surface area contributed by atoms with Gasteiger partial charge in [-0.05, 0) is 49.6 Å². The Morgan fingerprint density at radius 3 is 2.35 bits per heavy atom. The monoisotopic (exact) mass is 314 g/mol. The molecule has 3 fully saturated rings. The third-order valence-electron chi connectivity index (χ3n) is 6.23. The Kier molecular flexibility index (Phi) is 4.70. The van der Waals surface area contributed by atoms with Gasteiger partial charge in [-0.1, -0.05) is 36.8 Å². The zero-order valence-electron chi connectivity index (χ0n) is 14.0. The van der Waals surface area contributed by atoms with Crippen LogP contribution in [0.5, 0.6) is 0 Å². The van der Waals surface area contributed by atoms with E-state index < -0.39 is 0 Å². The van der Waals surface area contributed by atoms with Crippen LogP contribution in [0.1, 0.15) is 43.6 Å². The van der Waals surface area contributed by atoms with Gasteiger partial charge in [0.2, 0.25) is 0 Å². The van der Waals surface area contributed by atoms with Crippen LogP contribution in [0, 0.1) is 11.8 Å². The summed E-state index contributed by atoms with van der Waals surface area (Å²) in [5.74, 6) is 2.28. The van der Waals surface area contributed by atoms with Crippen molar-refractivity contribution in [1.82, 2.24) is 10.2 Å². The average Bonchev–Trinajstić information content (AvgIpc) is 3.34. The molecule has 126 valence electrons. The van der Waals surface area contributed by atoms with Gasteiger partial charge in [-0.3, -0.25) is 4.90 Å². The van der Waals surface area contributed by atoms with E-state index in [0.29, 0.717) is 18.0 Å². The first-order valence-electron chi connectivity index (χ1n) is 9.49. The molecule has 1 heterocycles. The first kappa shape index (κ1) is 15.6. The number of nitrogens with zero attached hydrogens (tertiary/aromatic N) is 1. The predicted octanol–water partition coefficient (Wildman–Crippen LogP) is 2.62. The molecule has 0 aromatic heterocycles. The molecule has 3 aliphatic rings. The summed E-state index contributed by atoms with van der Waals surface area (Å²) in [6, 6.07) is 11.7. The highest BCUT2D eigenvalue weighted by Gasteiger charge is 2.49. The van der Waals surface area contributed by atoms with Crippen molar-refractivity contribution in [2.45, 2.75) is 50.1 Å². The minimum Gasteiger partial charge on any atom is -0.395 e. The topological polar surface area (TPSA) is 35.5 Å². The Bertz CT molecular complexity index is 498. The predicted molar refractivity (Wildman–Crippen MR) is 93.5 cm³/mol. The lowest BCUT2D eigenvalue weighted by Gasteiger charge is -2.55. The van der Waals surface area contributed by atoms with Crippen LogP contribution in [0.3, 0.4) is 0 Å². The standard InChI is InChI=1S/C20H30N2O/c23-14-19-20(17-7-2-1-3-8-17)18(22(19)13-16-9-10-16)12-21-11-15-5-4-6-15/h1-3,7-8,15-16,18-21,23H,4-6,9-14H2/t18-,19-,20+/m1/s1. The molecule has 2 N–H and O–H groups in total. The highest BCUT2D eigenvalue weighted by Crippen LogP contribution is 2.43. The van der Waals surface area contributed by atoms with Gasteiger partial charge in [-0.25, -0.2) is 0 Å². The second-order valence-electron chi connectivity index (χ2n) is 7.85. The van der Waals surface area contributed by atoms with Gasteiger partial charge < -0.3 is 10.4 Å². The maximum atomic E-state index is 9.94. The van der Waals surface area contributed by atoms with Crippen LogP contribution in [0.4, 0.5) is 0 Å². The van der Waals surface area contributed by atoms with E-state index in [0.717, 1.165) is 18.4 Å². The van der Waals surface area contributed by atoms with E-state index >= 15 is 0 Å². The van der Waals surface area contributed by atoms with E-state index in [4.69, 9.17) is 0 Å². The molecular weight excluding hydrogens is 284 g/mol. The fraction of sp³-hybridized carbons (Fsp3) is 0.700. The molecule has 3 nitrogen and oxygen atoms in total. The Morgan fingerprint density at radius 2 is 1.74 bits per heavy atom. The van der Waals surface area contributed by atoms with Crippen molar-refractivity contribution in [3.63, 3.8) is 0 Å². The molecule has 0 spiro atoms. The normalized spacial score (nSPS) is 31.6. The van der Waals surface area contributed by atoms with Crippen LogP contribution in [0.15, 0.2) is 30.3 Å². The van der Waals surface area contributed by atoms with Crippen molar-refractivity contribution >= 4 is 0 Å². The van der Waals surface area contributed by atoms with Crippen LogP contribution in [-0.4, -0.2) is 48.3 Å². The smallest absolute Gasteiger partial charge is 0.0593 e. The summed E-state index contributed by atoms with van der Waals surface area (Å²) in [5.41, 5.74) is 1.40. The largest absolute Gasteiger partial charge is 0.395 e. The minimum atomic E-state index is 0.283. The second-order valence-corrected chi connectivity index (χ2v) is 7.85. The molecule has 1 aromatic carbocycles. The average molecular weight is 314 g/mol. The zero-order chi connectivity index (χ0) is 15.6. The maximum Gasteiger partial charge on any atom is 0.0593 e. The number of nitrogens with one attached hydrogen (secondary N) is 1. The maximum absolute atomic E-state index is 9.94. The van der Waals surface area contributed by atoms with Crippen LogP contribution < -0.4 is 5.32 Å². The first-order valence-corrected chi connectivity index (χ1v) is 9.49. The quantitative estimate of drug-likeness (QED) is 0.774. The molecule has 0 radical (unpaired) electrons. The van der Waals surface area contributed by atoms with Gasteiger partial charge in [0.25, 0.3) is 0 Å². The van der Waals surface area contributed by atoms with E-state index in [2.05, 4.69) is 40.5 Å². The Labute approximate surface area is 140 Å². The molecule has 4 rings (SSSR count). The first-order chi connectivity index (χ1) is 11.4. The summed E-state index contributed by atoms with van der Waals surface area (Å²) >= 11 is 0. The summed E-state index contributed by atoms with van der Waals surface area (Å²) in [6.45, 7) is 3.72. The molecular formula is C20H30N2O. The lowest BCUT2D eigenvalue weighted by atomic mass is 9.74. The third kappa shape index (κ3) is 3.33. The fourth-order valence-corrected chi connectivity index (χ4v) is 4.40. The van der Waals surface area contributed by atoms with Crippen LogP contribution >= 0.6 is 0 Å². The van der Waals surface area contributed by atoms with Crippen molar-refractivity contribution in [3.8, 4) is 0 Å². The lowest BCUT2D eigenvalue weighted by molar-refractivity contribution is -0.0457. The highest BCUT2D eigenvalue weighted by molar-refractivity contribution is 5.28. The van der Waals surface area contributed by atoms with E-state index in [1.807, 2.05) is 0 Å². The van der Waals surface area contributed by atoms with Gasteiger partial charge in [0.15, 0.2) is 0 Å². The molecule has 1 aliphatic heterocycles. The van der Waals surface area contributed by atoms with E-state index in [1.54, 1.807) is 0 Å². The van der Waals surface area contributed by atoms with E-state index in [1.165, 1.54) is 50.8 Å². The molecule has 23 heavy (non-hydrogen) atoms. The number of rotatable bonds is 8. The Hall–Kier alpha value is -0.900. The van der Waals surface area contributed by atoms with Crippen molar-refractivity contribution in [2.75, 3.05) is 26.2 Å². The number of hydrogen-bond donors (Lipinski definition) is 2. The molecule has 1 saturated heterocycles. The van der Waals surface area contributed by atoms with Gasteiger partial charge in [0, 0.05) is 31.1 Å². The van der Waals surface area contributed by atoms with Crippen LogP contribution in [0.25, 0.3) is 0 Å². The molecule has 0 amide bonds. The van der Waals surface area contributed by atoms with Gasteiger partial charge in [-0.15, -0.1) is 0 Å². The molecule has 2 aliphatic carbocycles. The lowest BCUT2D eigenvalue weighted by Crippen LogP contribution is -2.67. The highest BCUT2D eigenvalue weighted by atomic mass is 16.3.